The molecule has 0 atom stereocenters. The van der Waals surface area contributed by atoms with Crippen molar-refractivity contribution in [2.45, 2.75) is 20.3 Å². The highest BCUT2D eigenvalue weighted by Crippen LogP contribution is 2.27. The Morgan fingerprint density at radius 2 is 2.11 bits per heavy atom. The molecule has 0 aromatic heterocycles. The van der Waals surface area contributed by atoms with Gasteiger partial charge in [-0.3, -0.25) is 0 Å². The standard InChI is InChI=1S/C14H18O4/c1-4-11(14(15)16)7-8-18-12-6-5-10(2)9-13(12)17-3/h5-7,9H,4,8H2,1-3H3,(H,15,16). The van der Waals surface area contributed by atoms with E-state index < -0.39 is 5.97 Å². The molecular formula is C14H18O4. The third kappa shape index (κ3) is 3.80. The van der Waals surface area contributed by atoms with Gasteiger partial charge in [0.05, 0.1) is 7.11 Å². The first-order valence-corrected chi connectivity index (χ1v) is 5.78. The van der Waals surface area contributed by atoms with Gasteiger partial charge in [0.2, 0.25) is 0 Å². The van der Waals surface area contributed by atoms with Crippen LogP contribution in [-0.4, -0.2) is 24.8 Å². The fourth-order valence-electron chi connectivity index (χ4n) is 1.51. The molecule has 0 aliphatic heterocycles. The van der Waals surface area contributed by atoms with Crippen molar-refractivity contribution in [2.75, 3.05) is 13.7 Å². The number of ether oxygens (including phenoxy) is 2. The number of carbonyl (C=O) groups is 1. The molecule has 0 aliphatic rings. The van der Waals surface area contributed by atoms with Crippen molar-refractivity contribution in [3.05, 3.63) is 35.4 Å². The summed E-state index contributed by atoms with van der Waals surface area (Å²) in [6.45, 7) is 3.98. The number of benzene rings is 1. The zero-order chi connectivity index (χ0) is 13.5. The summed E-state index contributed by atoms with van der Waals surface area (Å²) in [6.07, 6.45) is 2.05. The quantitative estimate of drug-likeness (QED) is 0.789. The summed E-state index contributed by atoms with van der Waals surface area (Å²) in [7, 11) is 1.58. The fourth-order valence-corrected chi connectivity index (χ4v) is 1.51. The van der Waals surface area contributed by atoms with Gasteiger partial charge in [-0.05, 0) is 37.1 Å². The Labute approximate surface area is 107 Å². The molecule has 0 bridgehead atoms. The summed E-state index contributed by atoms with van der Waals surface area (Å²) in [5, 5.41) is 8.86. The molecule has 98 valence electrons. The Balaban J connectivity index is 2.72. The first-order valence-electron chi connectivity index (χ1n) is 5.78. The summed E-state index contributed by atoms with van der Waals surface area (Å²) >= 11 is 0. The highest BCUT2D eigenvalue weighted by atomic mass is 16.5. The molecule has 0 aliphatic carbocycles. The van der Waals surface area contributed by atoms with E-state index in [0.717, 1.165) is 5.56 Å². The molecule has 1 N–H and O–H groups in total. The van der Waals surface area contributed by atoms with E-state index in [-0.39, 0.29) is 6.61 Å². The minimum atomic E-state index is -0.906. The minimum Gasteiger partial charge on any atom is -0.493 e. The Hall–Kier alpha value is -1.97. The van der Waals surface area contributed by atoms with Crippen LogP contribution < -0.4 is 9.47 Å². The zero-order valence-corrected chi connectivity index (χ0v) is 10.9. The molecule has 1 aromatic carbocycles. The van der Waals surface area contributed by atoms with E-state index in [0.29, 0.717) is 23.5 Å². The van der Waals surface area contributed by atoms with Gasteiger partial charge in [-0.2, -0.15) is 0 Å². The van der Waals surface area contributed by atoms with Crippen molar-refractivity contribution < 1.29 is 19.4 Å². The molecule has 1 aromatic rings. The molecule has 0 unspecified atom stereocenters. The van der Waals surface area contributed by atoms with Crippen LogP contribution in [0.5, 0.6) is 11.5 Å². The Kier molecular flexibility index (Phi) is 5.24. The second-order valence-electron chi connectivity index (χ2n) is 3.85. The van der Waals surface area contributed by atoms with Gasteiger partial charge in [-0.1, -0.05) is 13.0 Å². The highest BCUT2D eigenvalue weighted by molar-refractivity contribution is 5.86. The topological polar surface area (TPSA) is 55.8 Å². The number of carboxylic acid groups (broad SMARTS) is 1. The number of hydrogen-bond acceptors (Lipinski definition) is 3. The molecule has 0 spiro atoms. The normalized spacial score (nSPS) is 11.2. The van der Waals surface area contributed by atoms with E-state index in [4.69, 9.17) is 14.6 Å². The molecule has 4 heteroatoms. The average molecular weight is 250 g/mol. The number of carboxylic acids is 1. The van der Waals surface area contributed by atoms with E-state index in [1.54, 1.807) is 20.1 Å². The highest BCUT2D eigenvalue weighted by Gasteiger charge is 2.06. The maximum Gasteiger partial charge on any atom is 0.331 e. The van der Waals surface area contributed by atoms with Gasteiger partial charge in [-0.25, -0.2) is 4.79 Å². The molecule has 0 fully saturated rings. The fraction of sp³-hybridized carbons (Fsp3) is 0.357. The lowest BCUT2D eigenvalue weighted by Crippen LogP contribution is -2.03. The predicted octanol–water partition coefficient (Wildman–Crippen LogP) is 2.80. The second-order valence-corrected chi connectivity index (χ2v) is 3.85. The molecular weight excluding hydrogens is 232 g/mol. The van der Waals surface area contributed by atoms with Gasteiger partial charge in [0, 0.05) is 5.57 Å². The van der Waals surface area contributed by atoms with Crippen molar-refractivity contribution in [3.8, 4) is 11.5 Å². The lowest BCUT2D eigenvalue weighted by Gasteiger charge is -2.10. The van der Waals surface area contributed by atoms with E-state index >= 15 is 0 Å². The average Bonchev–Trinajstić information content (AvgIpc) is 2.35. The van der Waals surface area contributed by atoms with Crippen LogP contribution >= 0.6 is 0 Å². The predicted molar refractivity (Wildman–Crippen MR) is 69.2 cm³/mol. The minimum absolute atomic E-state index is 0.217. The van der Waals surface area contributed by atoms with Crippen molar-refractivity contribution in [2.24, 2.45) is 0 Å². The van der Waals surface area contributed by atoms with Crippen LogP contribution in [0.25, 0.3) is 0 Å². The summed E-state index contributed by atoms with van der Waals surface area (Å²) in [5.74, 6) is 0.355. The number of methoxy groups -OCH3 is 1. The van der Waals surface area contributed by atoms with E-state index in [1.165, 1.54) is 0 Å². The second kappa shape index (κ2) is 6.69. The SMILES string of the molecule is CCC(=CCOc1ccc(C)cc1OC)C(=O)O. The van der Waals surface area contributed by atoms with Crippen molar-refractivity contribution >= 4 is 5.97 Å². The van der Waals surface area contributed by atoms with Crippen molar-refractivity contribution in [3.63, 3.8) is 0 Å². The van der Waals surface area contributed by atoms with Crippen LogP contribution in [0.1, 0.15) is 18.9 Å². The van der Waals surface area contributed by atoms with Crippen LogP contribution in [0, 0.1) is 6.92 Å². The Morgan fingerprint density at radius 1 is 1.39 bits per heavy atom. The largest absolute Gasteiger partial charge is 0.493 e. The van der Waals surface area contributed by atoms with Gasteiger partial charge in [-0.15, -0.1) is 0 Å². The zero-order valence-electron chi connectivity index (χ0n) is 10.9. The molecule has 0 saturated heterocycles. The number of hydrogen-bond donors (Lipinski definition) is 1. The van der Waals surface area contributed by atoms with Gasteiger partial charge < -0.3 is 14.6 Å². The Morgan fingerprint density at radius 3 is 2.67 bits per heavy atom. The van der Waals surface area contributed by atoms with Gasteiger partial charge in [0.1, 0.15) is 6.61 Å². The van der Waals surface area contributed by atoms with Crippen molar-refractivity contribution in [1.82, 2.24) is 0 Å². The summed E-state index contributed by atoms with van der Waals surface area (Å²) in [5.41, 5.74) is 1.43. The van der Waals surface area contributed by atoms with Gasteiger partial charge in [0.25, 0.3) is 0 Å². The van der Waals surface area contributed by atoms with Crippen LogP contribution in [-0.2, 0) is 4.79 Å². The maximum atomic E-state index is 10.8. The maximum absolute atomic E-state index is 10.8. The van der Waals surface area contributed by atoms with Gasteiger partial charge in [0.15, 0.2) is 11.5 Å². The molecule has 0 saturated carbocycles. The molecule has 1 rings (SSSR count). The number of aryl methyl sites for hydroxylation is 1. The summed E-state index contributed by atoms with van der Waals surface area (Å²) < 4.78 is 10.7. The number of rotatable bonds is 6. The molecule has 18 heavy (non-hydrogen) atoms. The number of aliphatic carboxylic acids is 1. The summed E-state index contributed by atoms with van der Waals surface area (Å²) in [6, 6.07) is 5.60. The molecule has 0 radical (unpaired) electrons. The van der Waals surface area contributed by atoms with Crippen LogP contribution in [0.3, 0.4) is 0 Å². The first kappa shape index (κ1) is 14.1. The van der Waals surface area contributed by atoms with E-state index in [9.17, 15) is 4.79 Å². The Bertz CT molecular complexity index is 449. The van der Waals surface area contributed by atoms with Crippen LogP contribution in [0.2, 0.25) is 0 Å². The lowest BCUT2D eigenvalue weighted by atomic mass is 10.2. The van der Waals surface area contributed by atoms with E-state index in [2.05, 4.69) is 0 Å². The molecule has 4 nitrogen and oxygen atoms in total. The van der Waals surface area contributed by atoms with Crippen molar-refractivity contribution in [1.29, 1.82) is 0 Å². The van der Waals surface area contributed by atoms with Crippen LogP contribution in [0.4, 0.5) is 0 Å². The third-order valence-corrected chi connectivity index (χ3v) is 2.54. The van der Waals surface area contributed by atoms with Gasteiger partial charge >= 0.3 is 5.97 Å². The molecule has 0 heterocycles. The smallest absolute Gasteiger partial charge is 0.331 e. The molecule has 0 amide bonds. The third-order valence-electron chi connectivity index (χ3n) is 2.54. The summed E-state index contributed by atoms with van der Waals surface area (Å²) in [4.78, 5) is 10.8. The van der Waals surface area contributed by atoms with Crippen LogP contribution in [0.15, 0.2) is 29.8 Å². The van der Waals surface area contributed by atoms with E-state index in [1.807, 2.05) is 25.1 Å². The first-order chi connectivity index (χ1) is 8.58. The lowest BCUT2D eigenvalue weighted by molar-refractivity contribution is -0.132. The monoisotopic (exact) mass is 250 g/mol.